The van der Waals surface area contributed by atoms with Gasteiger partial charge in [0.15, 0.2) is 5.82 Å². The van der Waals surface area contributed by atoms with E-state index in [1.807, 2.05) is 0 Å². The van der Waals surface area contributed by atoms with Crippen LogP contribution in [0, 0.1) is 5.41 Å². The molecule has 2 N–H and O–H groups in total. The lowest BCUT2D eigenvalue weighted by Crippen LogP contribution is -2.18. The highest BCUT2D eigenvalue weighted by atomic mass is 16.5. The first-order valence-corrected chi connectivity index (χ1v) is 6.29. The van der Waals surface area contributed by atoms with Crippen LogP contribution >= 0.6 is 0 Å². The zero-order valence-electron chi connectivity index (χ0n) is 10.3. The van der Waals surface area contributed by atoms with Crippen molar-refractivity contribution in [3.8, 4) is 0 Å². The molecule has 5 nitrogen and oxygen atoms in total. The Hall–Kier alpha value is -0.940. The normalized spacial score (nSPS) is 35.1. The fourth-order valence-electron chi connectivity index (χ4n) is 2.49. The maximum atomic E-state index is 5.74. The molecule has 94 valence electrons. The zero-order valence-corrected chi connectivity index (χ0v) is 10.3. The van der Waals surface area contributed by atoms with Gasteiger partial charge in [-0.15, -0.1) is 0 Å². The molecule has 0 spiro atoms. The smallest absolute Gasteiger partial charge is 0.255 e. The predicted molar refractivity (Wildman–Crippen MR) is 61.3 cm³/mol. The molecule has 0 bridgehead atoms. The van der Waals surface area contributed by atoms with Gasteiger partial charge >= 0.3 is 0 Å². The molecule has 1 saturated heterocycles. The van der Waals surface area contributed by atoms with Crippen LogP contribution in [0.2, 0.25) is 0 Å². The lowest BCUT2D eigenvalue weighted by atomic mass is 10.1. The highest BCUT2D eigenvalue weighted by molar-refractivity contribution is 5.14. The largest absolute Gasteiger partial charge is 0.364 e. The molecule has 1 aromatic rings. The van der Waals surface area contributed by atoms with Crippen LogP contribution in [0.5, 0.6) is 0 Å². The number of hydrogen-bond donors (Lipinski definition) is 1. The number of nitrogens with zero attached hydrogens (tertiary/aromatic N) is 2. The fraction of sp³-hybridized carbons (Fsp3) is 0.833. The Kier molecular flexibility index (Phi) is 2.48. The van der Waals surface area contributed by atoms with Gasteiger partial charge in [-0.2, -0.15) is 4.98 Å². The molecule has 1 saturated carbocycles. The lowest BCUT2D eigenvalue weighted by molar-refractivity contribution is 0.0307. The molecule has 2 aliphatic rings. The number of aromatic nitrogens is 2. The molecule has 0 aromatic carbocycles. The second-order valence-corrected chi connectivity index (χ2v) is 5.80. The van der Waals surface area contributed by atoms with Crippen molar-refractivity contribution < 1.29 is 9.26 Å². The van der Waals surface area contributed by atoms with E-state index in [0.717, 1.165) is 25.1 Å². The maximum absolute atomic E-state index is 5.74. The highest BCUT2D eigenvalue weighted by Crippen LogP contribution is 2.57. The van der Waals surface area contributed by atoms with E-state index in [2.05, 4.69) is 24.0 Å². The van der Waals surface area contributed by atoms with Gasteiger partial charge in [0.25, 0.3) is 5.89 Å². The fourth-order valence-corrected chi connectivity index (χ4v) is 2.49. The zero-order chi connectivity index (χ0) is 12.0. The first kappa shape index (κ1) is 11.2. The molecule has 3 atom stereocenters. The van der Waals surface area contributed by atoms with Crippen molar-refractivity contribution in [3.63, 3.8) is 0 Å². The average molecular weight is 237 g/mol. The van der Waals surface area contributed by atoms with Crippen molar-refractivity contribution in [2.45, 2.75) is 51.2 Å². The Morgan fingerprint density at radius 3 is 2.76 bits per heavy atom. The quantitative estimate of drug-likeness (QED) is 0.867. The second kappa shape index (κ2) is 3.78. The summed E-state index contributed by atoms with van der Waals surface area (Å²) in [4.78, 5) is 4.48. The summed E-state index contributed by atoms with van der Waals surface area (Å²) in [7, 11) is 0. The summed E-state index contributed by atoms with van der Waals surface area (Å²) in [6.45, 7) is 5.02. The molecule has 5 heteroatoms. The molecule has 3 unspecified atom stereocenters. The summed E-state index contributed by atoms with van der Waals surface area (Å²) < 4.78 is 11.0. The third-order valence-electron chi connectivity index (χ3n) is 3.93. The molecule has 2 heterocycles. The molecule has 0 radical (unpaired) electrons. The van der Waals surface area contributed by atoms with Gasteiger partial charge in [0.05, 0.1) is 6.10 Å². The van der Waals surface area contributed by atoms with Crippen LogP contribution < -0.4 is 5.73 Å². The van der Waals surface area contributed by atoms with Gasteiger partial charge < -0.3 is 15.0 Å². The van der Waals surface area contributed by atoms with Gasteiger partial charge in [0, 0.05) is 12.5 Å². The third-order valence-corrected chi connectivity index (χ3v) is 3.93. The first-order valence-electron chi connectivity index (χ1n) is 6.29. The van der Waals surface area contributed by atoms with Gasteiger partial charge in [0.1, 0.15) is 6.10 Å². The lowest BCUT2D eigenvalue weighted by Gasteiger charge is -2.07. The van der Waals surface area contributed by atoms with Gasteiger partial charge in [0.2, 0.25) is 0 Å². The summed E-state index contributed by atoms with van der Waals surface area (Å²) in [6.07, 6.45) is 3.15. The minimum atomic E-state index is -0.0494. The van der Waals surface area contributed by atoms with Crippen LogP contribution in [0.1, 0.15) is 56.8 Å². The van der Waals surface area contributed by atoms with Crippen molar-refractivity contribution >= 4 is 0 Å². The van der Waals surface area contributed by atoms with Crippen molar-refractivity contribution in [2.24, 2.45) is 11.1 Å². The van der Waals surface area contributed by atoms with Crippen molar-refractivity contribution in [2.75, 3.05) is 6.54 Å². The Morgan fingerprint density at radius 2 is 2.18 bits per heavy atom. The first-order chi connectivity index (χ1) is 8.10. The topological polar surface area (TPSA) is 74.2 Å². The van der Waals surface area contributed by atoms with Crippen LogP contribution in [0.3, 0.4) is 0 Å². The van der Waals surface area contributed by atoms with E-state index in [-0.39, 0.29) is 12.2 Å². The van der Waals surface area contributed by atoms with Gasteiger partial charge in [-0.25, -0.2) is 0 Å². The van der Waals surface area contributed by atoms with Crippen molar-refractivity contribution in [1.29, 1.82) is 0 Å². The Labute approximate surface area is 101 Å². The highest BCUT2D eigenvalue weighted by Gasteiger charge is 2.49. The van der Waals surface area contributed by atoms with Crippen LogP contribution in [-0.2, 0) is 4.74 Å². The van der Waals surface area contributed by atoms with Crippen molar-refractivity contribution in [1.82, 2.24) is 10.1 Å². The molecule has 17 heavy (non-hydrogen) atoms. The Bertz CT molecular complexity index is 416. The molecule has 1 aromatic heterocycles. The molecule has 1 aliphatic carbocycles. The van der Waals surface area contributed by atoms with E-state index in [4.69, 9.17) is 15.0 Å². The monoisotopic (exact) mass is 237 g/mol. The number of rotatable bonds is 3. The summed E-state index contributed by atoms with van der Waals surface area (Å²) in [5.41, 5.74) is 5.91. The van der Waals surface area contributed by atoms with Crippen molar-refractivity contribution in [3.05, 3.63) is 11.7 Å². The summed E-state index contributed by atoms with van der Waals surface area (Å²) in [5, 5.41) is 4.07. The average Bonchev–Trinajstić information content (AvgIpc) is 2.81. The Morgan fingerprint density at radius 1 is 1.41 bits per heavy atom. The van der Waals surface area contributed by atoms with E-state index >= 15 is 0 Å². The number of ether oxygens (including phenoxy) is 1. The molecular weight excluding hydrogens is 218 g/mol. The maximum Gasteiger partial charge on any atom is 0.255 e. The van der Waals surface area contributed by atoms with E-state index < -0.39 is 0 Å². The molecule has 1 aliphatic heterocycles. The van der Waals surface area contributed by atoms with E-state index in [1.165, 1.54) is 0 Å². The molecule has 0 amide bonds. The standard InChI is InChI=1S/C12H19N3O2/c1-12(2)5-8(12)10-14-11(17-15-10)9-4-3-7(6-13)16-9/h7-9H,3-6,13H2,1-2H3. The van der Waals surface area contributed by atoms with Gasteiger partial charge in [-0.3, -0.25) is 0 Å². The van der Waals surface area contributed by atoms with Gasteiger partial charge in [-0.05, 0) is 24.7 Å². The molecular formula is C12H19N3O2. The van der Waals surface area contributed by atoms with E-state index in [0.29, 0.717) is 23.8 Å². The van der Waals surface area contributed by atoms with Crippen LogP contribution in [0.15, 0.2) is 4.52 Å². The Balaban J connectivity index is 1.69. The van der Waals surface area contributed by atoms with Crippen LogP contribution in [-0.4, -0.2) is 22.8 Å². The predicted octanol–water partition coefficient (Wildman–Crippen LogP) is 1.76. The second-order valence-electron chi connectivity index (χ2n) is 5.80. The summed E-state index contributed by atoms with van der Waals surface area (Å²) >= 11 is 0. The summed E-state index contributed by atoms with van der Waals surface area (Å²) in [5.74, 6) is 1.91. The van der Waals surface area contributed by atoms with Crippen LogP contribution in [0.25, 0.3) is 0 Å². The number of hydrogen-bond acceptors (Lipinski definition) is 5. The minimum absolute atomic E-state index is 0.0494. The molecule has 3 rings (SSSR count). The van der Waals surface area contributed by atoms with E-state index in [9.17, 15) is 0 Å². The summed E-state index contributed by atoms with van der Waals surface area (Å²) in [6, 6.07) is 0. The number of nitrogens with two attached hydrogens (primary N) is 1. The van der Waals surface area contributed by atoms with Crippen LogP contribution in [0.4, 0.5) is 0 Å². The SMILES string of the molecule is CC1(C)CC1c1noc(C2CCC(CN)O2)n1. The third kappa shape index (κ3) is 1.98. The van der Waals surface area contributed by atoms with E-state index in [1.54, 1.807) is 0 Å². The van der Waals surface area contributed by atoms with Gasteiger partial charge in [-0.1, -0.05) is 19.0 Å². The minimum Gasteiger partial charge on any atom is -0.364 e. The molecule has 2 fully saturated rings.